The van der Waals surface area contributed by atoms with Crippen molar-refractivity contribution < 1.29 is 4.79 Å². The maximum absolute atomic E-state index is 12.8. The monoisotopic (exact) mass is 328 g/mol. The van der Waals surface area contributed by atoms with Gasteiger partial charge in [0, 0.05) is 29.7 Å². The highest BCUT2D eigenvalue weighted by molar-refractivity contribution is 7.10. The fraction of sp³-hybridized carbons (Fsp3) is 0.421. The molecule has 0 saturated heterocycles. The smallest absolute Gasteiger partial charge is 0.242 e. The summed E-state index contributed by atoms with van der Waals surface area (Å²) in [6.07, 6.45) is 0.991. The van der Waals surface area contributed by atoms with Crippen molar-refractivity contribution in [2.24, 2.45) is 0 Å². The normalized spacial score (nSPS) is 14.0. The highest BCUT2D eigenvalue weighted by atomic mass is 32.1. The third-order valence-corrected chi connectivity index (χ3v) is 5.54. The minimum absolute atomic E-state index is 0.221. The molecular weight excluding hydrogens is 304 g/mol. The van der Waals surface area contributed by atoms with Gasteiger partial charge < -0.3 is 9.80 Å². The molecule has 1 aliphatic heterocycles. The second kappa shape index (κ2) is 6.75. The summed E-state index contributed by atoms with van der Waals surface area (Å²) in [7, 11) is 0. The van der Waals surface area contributed by atoms with Crippen LogP contribution in [0.4, 0.5) is 5.69 Å². The summed E-state index contributed by atoms with van der Waals surface area (Å²) in [6.45, 7) is 8.44. The van der Waals surface area contributed by atoms with Gasteiger partial charge in [-0.1, -0.05) is 18.2 Å². The Morgan fingerprint density at radius 2 is 2.09 bits per heavy atom. The fourth-order valence-corrected chi connectivity index (χ4v) is 4.03. The van der Waals surface area contributed by atoms with Gasteiger partial charge in [-0.05, 0) is 55.8 Å². The average Bonchev–Trinajstić information content (AvgIpc) is 3.00. The van der Waals surface area contributed by atoms with Crippen LogP contribution < -0.4 is 4.90 Å². The maximum Gasteiger partial charge on any atom is 0.242 e. The Bertz CT molecular complexity index is 692. The number of nitrogens with zero attached hydrogens (tertiary/aromatic N) is 2. The molecule has 0 bridgehead atoms. The molecule has 122 valence electrons. The molecule has 0 atom stereocenters. The zero-order valence-electron chi connectivity index (χ0n) is 14.1. The Morgan fingerprint density at radius 3 is 2.83 bits per heavy atom. The molecule has 1 amide bonds. The van der Waals surface area contributed by atoms with Crippen LogP contribution in [0.5, 0.6) is 0 Å². The number of fused-ring (bicyclic) bond motifs is 1. The van der Waals surface area contributed by atoms with Crippen molar-refractivity contribution in [3.05, 3.63) is 51.7 Å². The molecule has 0 N–H and O–H groups in total. The lowest BCUT2D eigenvalue weighted by Crippen LogP contribution is -2.44. The van der Waals surface area contributed by atoms with Crippen LogP contribution in [-0.4, -0.2) is 29.9 Å². The van der Waals surface area contributed by atoms with E-state index in [0.717, 1.165) is 25.2 Å². The molecule has 0 aliphatic carbocycles. The number of carbonyl (C=O) groups excluding carboxylic acids is 1. The quantitative estimate of drug-likeness (QED) is 0.851. The number of para-hydroxylation sites is 1. The lowest BCUT2D eigenvalue weighted by Gasteiger charge is -2.34. The van der Waals surface area contributed by atoms with Crippen LogP contribution in [0.2, 0.25) is 0 Å². The zero-order chi connectivity index (χ0) is 16.4. The standard InChI is InChI=1S/C19H24N2OS/c1-14(2)21(17-7-5-4-6-15(17)3)13-19(22)20-10-8-18-16(12-20)9-11-23-18/h4-7,9,11,14H,8,10,12-13H2,1-3H3. The Hall–Kier alpha value is -1.81. The molecule has 4 heteroatoms. The van der Waals surface area contributed by atoms with Crippen molar-refractivity contribution in [1.82, 2.24) is 4.90 Å². The van der Waals surface area contributed by atoms with Gasteiger partial charge in [-0.3, -0.25) is 4.79 Å². The van der Waals surface area contributed by atoms with Crippen molar-refractivity contribution in [3.63, 3.8) is 0 Å². The summed E-state index contributed by atoms with van der Waals surface area (Å²) < 4.78 is 0. The zero-order valence-corrected chi connectivity index (χ0v) is 14.9. The molecule has 1 aliphatic rings. The Morgan fingerprint density at radius 1 is 1.30 bits per heavy atom. The predicted molar refractivity (Wildman–Crippen MR) is 97.1 cm³/mol. The van der Waals surface area contributed by atoms with Gasteiger partial charge in [0.1, 0.15) is 0 Å². The first-order valence-corrected chi connectivity index (χ1v) is 9.09. The van der Waals surface area contributed by atoms with Crippen molar-refractivity contribution in [1.29, 1.82) is 0 Å². The van der Waals surface area contributed by atoms with Gasteiger partial charge in [0.05, 0.1) is 6.54 Å². The molecule has 0 unspecified atom stereocenters. The van der Waals surface area contributed by atoms with E-state index in [2.05, 4.69) is 49.3 Å². The first-order chi connectivity index (χ1) is 11.1. The SMILES string of the molecule is Cc1ccccc1N(CC(=O)N1CCc2sccc2C1)C(C)C. The Balaban J connectivity index is 1.74. The average molecular weight is 328 g/mol. The first-order valence-electron chi connectivity index (χ1n) is 8.21. The van der Waals surface area contributed by atoms with Gasteiger partial charge in [0.2, 0.25) is 5.91 Å². The van der Waals surface area contributed by atoms with Crippen LogP contribution in [0.15, 0.2) is 35.7 Å². The molecule has 0 fully saturated rings. The van der Waals surface area contributed by atoms with E-state index < -0.39 is 0 Å². The van der Waals surface area contributed by atoms with Crippen molar-refractivity contribution >= 4 is 22.9 Å². The molecular formula is C19H24N2OS. The van der Waals surface area contributed by atoms with E-state index in [1.165, 1.54) is 16.0 Å². The molecule has 2 heterocycles. The van der Waals surface area contributed by atoms with E-state index >= 15 is 0 Å². The number of rotatable bonds is 4. The number of hydrogen-bond donors (Lipinski definition) is 0. The number of benzene rings is 1. The number of thiophene rings is 1. The first kappa shape index (κ1) is 16.1. The van der Waals surface area contributed by atoms with Gasteiger partial charge >= 0.3 is 0 Å². The lowest BCUT2D eigenvalue weighted by molar-refractivity contribution is -0.130. The minimum Gasteiger partial charge on any atom is -0.360 e. The molecule has 0 radical (unpaired) electrons. The number of anilines is 1. The van der Waals surface area contributed by atoms with Gasteiger partial charge in [-0.25, -0.2) is 0 Å². The summed E-state index contributed by atoms with van der Waals surface area (Å²) >= 11 is 1.81. The lowest BCUT2D eigenvalue weighted by atomic mass is 10.1. The van der Waals surface area contributed by atoms with Crippen LogP contribution in [0.25, 0.3) is 0 Å². The van der Waals surface area contributed by atoms with Crippen molar-refractivity contribution in [3.8, 4) is 0 Å². The number of amides is 1. The van der Waals surface area contributed by atoms with E-state index in [-0.39, 0.29) is 5.91 Å². The van der Waals surface area contributed by atoms with Crippen LogP contribution in [0.1, 0.15) is 29.9 Å². The Labute approximate surface area is 142 Å². The van der Waals surface area contributed by atoms with Crippen molar-refractivity contribution in [2.75, 3.05) is 18.0 Å². The van der Waals surface area contributed by atoms with E-state index in [9.17, 15) is 4.79 Å². The maximum atomic E-state index is 12.8. The summed E-state index contributed by atoms with van der Waals surface area (Å²) in [6, 6.07) is 10.7. The molecule has 0 saturated carbocycles. The number of carbonyl (C=O) groups is 1. The van der Waals surface area contributed by atoms with Crippen molar-refractivity contribution in [2.45, 2.75) is 39.8 Å². The second-order valence-corrected chi connectivity index (χ2v) is 7.44. The fourth-order valence-electron chi connectivity index (χ4n) is 3.14. The molecule has 23 heavy (non-hydrogen) atoms. The molecule has 3 nitrogen and oxygen atoms in total. The van der Waals surface area contributed by atoms with E-state index in [1.54, 1.807) is 0 Å². The highest BCUT2D eigenvalue weighted by Crippen LogP contribution is 2.25. The minimum atomic E-state index is 0.221. The van der Waals surface area contributed by atoms with Gasteiger partial charge in [0.15, 0.2) is 0 Å². The summed E-state index contributed by atoms with van der Waals surface area (Å²) in [5.41, 5.74) is 3.69. The summed E-state index contributed by atoms with van der Waals surface area (Å²) in [5.74, 6) is 0.221. The summed E-state index contributed by atoms with van der Waals surface area (Å²) in [4.78, 5) is 18.5. The third-order valence-electron chi connectivity index (χ3n) is 4.51. The topological polar surface area (TPSA) is 23.6 Å². The van der Waals surface area contributed by atoms with E-state index in [0.29, 0.717) is 12.6 Å². The van der Waals surface area contributed by atoms with Gasteiger partial charge in [-0.2, -0.15) is 0 Å². The van der Waals surface area contributed by atoms with Gasteiger partial charge in [-0.15, -0.1) is 11.3 Å². The third kappa shape index (κ3) is 3.42. The molecule has 3 rings (SSSR count). The van der Waals surface area contributed by atoms with Crippen LogP contribution in [-0.2, 0) is 17.8 Å². The number of aryl methyl sites for hydroxylation is 1. The van der Waals surface area contributed by atoms with E-state index in [4.69, 9.17) is 0 Å². The molecule has 0 spiro atoms. The second-order valence-electron chi connectivity index (χ2n) is 6.44. The molecule has 2 aromatic rings. The Kier molecular flexibility index (Phi) is 4.71. The van der Waals surface area contributed by atoms with Crippen LogP contribution in [0, 0.1) is 6.92 Å². The van der Waals surface area contributed by atoms with Gasteiger partial charge in [0.25, 0.3) is 0 Å². The van der Waals surface area contributed by atoms with Crippen LogP contribution >= 0.6 is 11.3 Å². The molecule has 1 aromatic carbocycles. The van der Waals surface area contributed by atoms with E-state index in [1.807, 2.05) is 28.4 Å². The van der Waals surface area contributed by atoms with Crippen LogP contribution in [0.3, 0.4) is 0 Å². The predicted octanol–water partition coefficient (Wildman–Crippen LogP) is 3.86. The molecule has 1 aromatic heterocycles. The summed E-state index contributed by atoms with van der Waals surface area (Å²) in [5, 5.41) is 2.13. The number of hydrogen-bond acceptors (Lipinski definition) is 3. The largest absolute Gasteiger partial charge is 0.360 e. The highest BCUT2D eigenvalue weighted by Gasteiger charge is 2.24.